The van der Waals surface area contributed by atoms with E-state index < -0.39 is 11.6 Å². The minimum Gasteiger partial charge on any atom is -0.384 e. The molecule has 150 valence electrons. The Hall–Kier alpha value is -2.16. The van der Waals surface area contributed by atoms with E-state index in [9.17, 15) is 9.90 Å². The van der Waals surface area contributed by atoms with Crippen molar-refractivity contribution in [3.05, 3.63) is 46.5 Å². The lowest BCUT2D eigenvalue weighted by molar-refractivity contribution is 0.0737. The molecule has 2 amide bonds. The first kappa shape index (κ1) is 20.6. The maximum absolute atomic E-state index is 11.1. The highest BCUT2D eigenvalue weighted by Crippen LogP contribution is 2.36. The van der Waals surface area contributed by atoms with Crippen molar-refractivity contribution in [3.63, 3.8) is 0 Å². The van der Waals surface area contributed by atoms with E-state index in [1.165, 1.54) is 22.5 Å². The van der Waals surface area contributed by atoms with Crippen LogP contribution in [0.5, 0.6) is 0 Å². The molecule has 0 spiro atoms. The average molecular weight is 402 g/mol. The maximum Gasteiger partial charge on any atom is 0.316 e. The number of aromatic nitrogens is 2. The third kappa shape index (κ3) is 4.63. The molecule has 0 bridgehead atoms. The Morgan fingerprint density at radius 3 is 2.18 bits per heavy atom. The van der Waals surface area contributed by atoms with Gasteiger partial charge in [-0.05, 0) is 87.6 Å². The quantitative estimate of drug-likeness (QED) is 0.586. The van der Waals surface area contributed by atoms with Gasteiger partial charge in [0, 0.05) is 22.5 Å². The van der Waals surface area contributed by atoms with Crippen LogP contribution in [-0.2, 0) is 31.3 Å². The highest BCUT2D eigenvalue weighted by molar-refractivity contribution is 7.97. The molecule has 0 aliphatic heterocycles. The summed E-state index contributed by atoms with van der Waals surface area (Å²) in [6.07, 6.45) is 8.04. The summed E-state index contributed by atoms with van der Waals surface area (Å²) in [4.78, 5) is 20.7. The fraction of sp³-hybridized carbons (Fsp3) is 0.450. The highest BCUT2D eigenvalue weighted by atomic mass is 32.2. The number of nitrogens with two attached hydrogens (primary N) is 2. The van der Waals surface area contributed by atoms with Gasteiger partial charge in [-0.25, -0.2) is 4.79 Å². The van der Waals surface area contributed by atoms with Gasteiger partial charge in [0.15, 0.2) is 0 Å². The predicted molar refractivity (Wildman–Crippen MR) is 111 cm³/mol. The first-order valence-electron chi connectivity index (χ1n) is 9.45. The van der Waals surface area contributed by atoms with Gasteiger partial charge in [0.2, 0.25) is 0 Å². The van der Waals surface area contributed by atoms with Crippen molar-refractivity contribution in [2.24, 2.45) is 10.9 Å². The molecule has 2 aromatic rings. The summed E-state index contributed by atoms with van der Waals surface area (Å²) in [6, 6.07) is 3.15. The number of fused-ring (bicyclic) bond motifs is 2. The van der Waals surface area contributed by atoms with Gasteiger partial charge in [-0.2, -0.15) is 0 Å². The third-order valence-corrected chi connectivity index (χ3v) is 5.51. The van der Waals surface area contributed by atoms with E-state index in [0.717, 1.165) is 61.1 Å². The number of urea groups is 1. The van der Waals surface area contributed by atoms with Crippen LogP contribution in [0.2, 0.25) is 0 Å². The number of anilines is 1. The number of nitrogens with one attached hydrogen (secondary N) is 1. The molecule has 28 heavy (non-hydrogen) atoms. The SMILES string of the molecule is CC(C)(O)c1ccc(SN)cn1.NC(=O)Nc1c2c(nc3c1CCC3)CCC2. The summed E-state index contributed by atoms with van der Waals surface area (Å²) in [5.41, 5.74) is 10.8. The Morgan fingerprint density at radius 2 is 1.75 bits per heavy atom. The second kappa shape index (κ2) is 8.46. The molecule has 7 nitrogen and oxygen atoms in total. The molecule has 6 N–H and O–H groups in total. The number of carbonyl (C=O) groups excluding carboxylic acids is 1. The van der Waals surface area contributed by atoms with Gasteiger partial charge in [-0.1, -0.05) is 0 Å². The number of nitrogens with zero attached hydrogens (tertiary/aromatic N) is 2. The lowest BCUT2D eigenvalue weighted by atomic mass is 10.1. The number of hydrogen-bond donors (Lipinski definition) is 4. The van der Waals surface area contributed by atoms with Gasteiger partial charge in [-0.3, -0.25) is 15.1 Å². The Morgan fingerprint density at radius 1 is 1.14 bits per heavy atom. The number of aryl methyl sites for hydroxylation is 2. The Kier molecular flexibility index (Phi) is 6.22. The molecule has 0 saturated carbocycles. The second-order valence-corrected chi connectivity index (χ2v) is 8.30. The van der Waals surface area contributed by atoms with Crippen LogP contribution in [0.15, 0.2) is 23.2 Å². The molecule has 2 heterocycles. The van der Waals surface area contributed by atoms with Crippen molar-refractivity contribution in [3.8, 4) is 0 Å². The normalized spacial score (nSPS) is 14.7. The fourth-order valence-corrected chi connectivity index (χ4v) is 3.93. The minimum absolute atomic E-state index is 0.464. The average Bonchev–Trinajstić information content (AvgIpc) is 3.30. The molecule has 0 fully saturated rings. The molecule has 0 radical (unpaired) electrons. The van der Waals surface area contributed by atoms with Gasteiger partial charge >= 0.3 is 6.03 Å². The number of pyridine rings is 2. The van der Waals surface area contributed by atoms with E-state index >= 15 is 0 Å². The zero-order valence-corrected chi connectivity index (χ0v) is 17.1. The van der Waals surface area contributed by atoms with E-state index in [2.05, 4.69) is 10.3 Å². The van der Waals surface area contributed by atoms with Crippen LogP contribution in [0.1, 0.15) is 54.9 Å². The number of amides is 2. The van der Waals surface area contributed by atoms with Gasteiger partial charge in [0.05, 0.1) is 11.4 Å². The zero-order chi connectivity index (χ0) is 20.3. The number of hydrogen-bond acceptors (Lipinski definition) is 6. The fourth-order valence-electron chi connectivity index (χ4n) is 3.67. The topological polar surface area (TPSA) is 127 Å². The van der Waals surface area contributed by atoms with Crippen LogP contribution >= 0.6 is 11.9 Å². The van der Waals surface area contributed by atoms with Crippen LogP contribution in [0.4, 0.5) is 10.5 Å². The van der Waals surface area contributed by atoms with E-state index in [4.69, 9.17) is 15.9 Å². The second-order valence-electron chi connectivity index (χ2n) is 7.59. The van der Waals surface area contributed by atoms with Crippen molar-refractivity contribution in [1.82, 2.24) is 9.97 Å². The first-order chi connectivity index (χ1) is 13.3. The highest BCUT2D eigenvalue weighted by Gasteiger charge is 2.25. The number of aliphatic hydroxyl groups is 1. The van der Waals surface area contributed by atoms with Crippen LogP contribution in [-0.4, -0.2) is 21.1 Å². The number of carbonyl (C=O) groups is 1. The van der Waals surface area contributed by atoms with Crippen LogP contribution in [0.3, 0.4) is 0 Å². The van der Waals surface area contributed by atoms with Crippen molar-refractivity contribution in [2.75, 3.05) is 5.32 Å². The Bertz CT molecular complexity index is 830. The van der Waals surface area contributed by atoms with Crippen molar-refractivity contribution in [2.45, 2.75) is 62.9 Å². The molecule has 4 rings (SSSR count). The van der Waals surface area contributed by atoms with E-state index in [1.54, 1.807) is 26.1 Å². The standard InChI is InChI=1S/C12H15N3O.C8H12N2OS/c13-12(16)15-11-7-3-1-5-9(7)14-10-6-2-4-8(10)11;1-8(2,11)7-4-3-6(12-9)5-10-7/h1-6H2,(H3,13,14,15,16);3-5,11H,9H2,1-2H3. The van der Waals surface area contributed by atoms with Crippen molar-refractivity contribution in [1.29, 1.82) is 0 Å². The molecule has 2 aliphatic carbocycles. The van der Waals surface area contributed by atoms with Crippen LogP contribution in [0.25, 0.3) is 0 Å². The summed E-state index contributed by atoms with van der Waals surface area (Å²) in [7, 11) is 0. The molecular weight excluding hydrogens is 374 g/mol. The monoisotopic (exact) mass is 401 g/mol. The molecule has 0 saturated heterocycles. The summed E-state index contributed by atoms with van der Waals surface area (Å²) in [5, 5.41) is 17.7. The summed E-state index contributed by atoms with van der Waals surface area (Å²) < 4.78 is 0. The van der Waals surface area contributed by atoms with Crippen molar-refractivity contribution >= 4 is 23.7 Å². The first-order valence-corrected chi connectivity index (χ1v) is 10.3. The molecular formula is C20H27N5O2S. The van der Waals surface area contributed by atoms with E-state index in [1.807, 2.05) is 6.07 Å². The molecule has 0 atom stereocenters. The third-order valence-electron chi connectivity index (χ3n) is 5.00. The molecule has 2 aliphatic rings. The Balaban J connectivity index is 0.000000169. The van der Waals surface area contributed by atoms with Crippen LogP contribution in [0, 0.1) is 0 Å². The van der Waals surface area contributed by atoms with E-state index in [-0.39, 0.29) is 0 Å². The lowest BCUT2D eigenvalue weighted by Gasteiger charge is -2.15. The van der Waals surface area contributed by atoms with Gasteiger partial charge in [0.25, 0.3) is 0 Å². The minimum atomic E-state index is -0.877. The number of primary amides is 1. The predicted octanol–water partition coefficient (Wildman–Crippen LogP) is 2.82. The Labute approximate surface area is 169 Å². The number of rotatable bonds is 3. The summed E-state index contributed by atoms with van der Waals surface area (Å²) >= 11 is 1.14. The zero-order valence-electron chi connectivity index (χ0n) is 16.3. The van der Waals surface area contributed by atoms with E-state index in [0.29, 0.717) is 5.69 Å². The summed E-state index contributed by atoms with van der Waals surface area (Å²) in [6.45, 7) is 3.40. The van der Waals surface area contributed by atoms with Gasteiger partial charge in [-0.15, -0.1) is 0 Å². The smallest absolute Gasteiger partial charge is 0.316 e. The summed E-state index contributed by atoms with van der Waals surface area (Å²) in [5.74, 6) is 0. The van der Waals surface area contributed by atoms with Crippen molar-refractivity contribution < 1.29 is 9.90 Å². The molecule has 8 heteroatoms. The largest absolute Gasteiger partial charge is 0.384 e. The maximum atomic E-state index is 11.1. The van der Waals surface area contributed by atoms with Gasteiger partial charge in [0.1, 0.15) is 5.60 Å². The molecule has 0 unspecified atom stereocenters. The lowest BCUT2D eigenvalue weighted by Crippen LogP contribution is -2.21. The van der Waals surface area contributed by atoms with Gasteiger partial charge < -0.3 is 16.2 Å². The van der Waals surface area contributed by atoms with Crippen LogP contribution < -0.4 is 16.2 Å². The molecule has 0 aromatic carbocycles. The molecule has 2 aromatic heterocycles.